The first-order valence-electron chi connectivity index (χ1n) is 6.55. The van der Waals surface area contributed by atoms with E-state index >= 15 is 0 Å². The van der Waals surface area contributed by atoms with Gasteiger partial charge in [0.1, 0.15) is 11.6 Å². The van der Waals surface area contributed by atoms with Gasteiger partial charge in [0, 0.05) is 31.1 Å². The standard InChI is InChI=1S/C12H21N5O3/c1-9(14-15-13)10(18)16-5-7-17(8-6-16)11(19)20-12(2,3)4/h9H,5-8H2,1-4H3/t9-/m0/s1. The molecule has 1 atom stereocenters. The lowest BCUT2D eigenvalue weighted by Crippen LogP contribution is -2.53. The van der Waals surface area contributed by atoms with Crippen molar-refractivity contribution in [3.8, 4) is 0 Å². The lowest BCUT2D eigenvalue weighted by Gasteiger charge is -2.36. The number of rotatable bonds is 2. The maximum absolute atomic E-state index is 11.9. The first-order valence-corrected chi connectivity index (χ1v) is 6.55. The van der Waals surface area contributed by atoms with Gasteiger partial charge in [0.15, 0.2) is 0 Å². The van der Waals surface area contributed by atoms with E-state index in [9.17, 15) is 9.59 Å². The first kappa shape index (κ1) is 16.1. The van der Waals surface area contributed by atoms with E-state index in [0.717, 1.165) is 0 Å². The molecule has 0 saturated carbocycles. The van der Waals surface area contributed by atoms with Crippen LogP contribution in [0.2, 0.25) is 0 Å². The van der Waals surface area contributed by atoms with Gasteiger partial charge in [0.2, 0.25) is 5.91 Å². The number of azide groups is 1. The monoisotopic (exact) mass is 283 g/mol. The summed E-state index contributed by atoms with van der Waals surface area (Å²) in [4.78, 5) is 29.6. The van der Waals surface area contributed by atoms with Crippen LogP contribution in [-0.4, -0.2) is 59.6 Å². The van der Waals surface area contributed by atoms with Gasteiger partial charge in [-0.25, -0.2) is 4.79 Å². The summed E-state index contributed by atoms with van der Waals surface area (Å²) in [6.07, 6.45) is -0.368. The number of piperazine rings is 1. The molecule has 0 N–H and O–H groups in total. The molecule has 1 aliphatic rings. The zero-order valence-corrected chi connectivity index (χ0v) is 12.4. The molecule has 0 aromatic carbocycles. The Balaban J connectivity index is 2.49. The molecule has 1 heterocycles. The fourth-order valence-electron chi connectivity index (χ4n) is 1.83. The molecule has 2 amide bonds. The van der Waals surface area contributed by atoms with Gasteiger partial charge in [-0.05, 0) is 33.2 Å². The van der Waals surface area contributed by atoms with Crippen LogP contribution in [0, 0.1) is 0 Å². The average Bonchev–Trinajstić information content (AvgIpc) is 2.36. The van der Waals surface area contributed by atoms with Crippen LogP contribution in [0.25, 0.3) is 10.4 Å². The molecule has 1 aliphatic heterocycles. The van der Waals surface area contributed by atoms with Crippen molar-refractivity contribution < 1.29 is 14.3 Å². The fourth-order valence-corrected chi connectivity index (χ4v) is 1.83. The maximum atomic E-state index is 11.9. The Kier molecular flexibility index (Phi) is 5.21. The summed E-state index contributed by atoms with van der Waals surface area (Å²) in [5.74, 6) is -0.216. The molecule has 8 nitrogen and oxygen atoms in total. The number of nitrogens with zero attached hydrogens (tertiary/aromatic N) is 5. The minimum atomic E-state index is -0.715. The van der Waals surface area contributed by atoms with Crippen LogP contribution in [0.4, 0.5) is 4.79 Å². The predicted molar refractivity (Wildman–Crippen MR) is 73.0 cm³/mol. The Morgan fingerprint density at radius 2 is 1.70 bits per heavy atom. The topological polar surface area (TPSA) is 98.6 Å². The average molecular weight is 283 g/mol. The molecule has 0 aromatic heterocycles. The summed E-state index contributed by atoms with van der Waals surface area (Å²) in [6, 6.07) is -0.715. The van der Waals surface area contributed by atoms with E-state index in [1.165, 1.54) is 0 Å². The van der Waals surface area contributed by atoms with Crippen LogP contribution < -0.4 is 0 Å². The van der Waals surface area contributed by atoms with Crippen LogP contribution in [-0.2, 0) is 9.53 Å². The molecule has 0 spiro atoms. The van der Waals surface area contributed by atoms with Gasteiger partial charge in [0.25, 0.3) is 0 Å². The summed E-state index contributed by atoms with van der Waals surface area (Å²) in [6.45, 7) is 8.67. The molecule has 8 heteroatoms. The lowest BCUT2D eigenvalue weighted by molar-refractivity contribution is -0.133. The van der Waals surface area contributed by atoms with Gasteiger partial charge in [-0.3, -0.25) is 4.79 Å². The Bertz CT molecular complexity index is 417. The van der Waals surface area contributed by atoms with Crippen LogP contribution >= 0.6 is 0 Å². The van der Waals surface area contributed by atoms with Gasteiger partial charge in [-0.2, -0.15) is 0 Å². The number of carbonyl (C=O) groups excluding carboxylic acids is 2. The molecule has 112 valence electrons. The van der Waals surface area contributed by atoms with E-state index < -0.39 is 11.6 Å². The highest BCUT2D eigenvalue weighted by atomic mass is 16.6. The van der Waals surface area contributed by atoms with Gasteiger partial charge < -0.3 is 14.5 Å². The highest BCUT2D eigenvalue weighted by Crippen LogP contribution is 2.12. The van der Waals surface area contributed by atoms with Crippen LogP contribution in [0.1, 0.15) is 27.7 Å². The number of hydrogen-bond donors (Lipinski definition) is 0. The van der Waals surface area contributed by atoms with Crippen molar-refractivity contribution in [2.24, 2.45) is 5.11 Å². The second-order valence-electron chi connectivity index (χ2n) is 5.67. The van der Waals surface area contributed by atoms with Gasteiger partial charge in [-0.15, -0.1) is 0 Å². The van der Waals surface area contributed by atoms with E-state index in [4.69, 9.17) is 10.3 Å². The van der Waals surface area contributed by atoms with E-state index in [-0.39, 0.29) is 12.0 Å². The molecule has 0 aliphatic carbocycles. The van der Waals surface area contributed by atoms with E-state index in [1.54, 1.807) is 16.7 Å². The fraction of sp³-hybridized carbons (Fsp3) is 0.833. The second-order valence-corrected chi connectivity index (χ2v) is 5.67. The van der Waals surface area contributed by atoms with Gasteiger partial charge in [-0.1, -0.05) is 5.11 Å². The minimum absolute atomic E-state index is 0.216. The maximum Gasteiger partial charge on any atom is 0.410 e. The van der Waals surface area contributed by atoms with Crippen molar-refractivity contribution in [1.29, 1.82) is 0 Å². The molecule has 1 fully saturated rings. The van der Waals surface area contributed by atoms with E-state index in [1.807, 2.05) is 20.8 Å². The van der Waals surface area contributed by atoms with E-state index in [0.29, 0.717) is 26.2 Å². The first-order chi connectivity index (χ1) is 9.24. The number of ether oxygens (including phenoxy) is 1. The highest BCUT2D eigenvalue weighted by molar-refractivity contribution is 5.82. The molecule has 0 radical (unpaired) electrons. The number of hydrogen-bond acceptors (Lipinski definition) is 4. The molecule has 0 aromatic rings. The Hall–Kier alpha value is -1.95. The molecule has 0 unspecified atom stereocenters. The van der Waals surface area contributed by atoms with Crippen molar-refractivity contribution in [2.75, 3.05) is 26.2 Å². The summed E-state index contributed by atoms with van der Waals surface area (Å²) in [5.41, 5.74) is 7.80. The molecule has 20 heavy (non-hydrogen) atoms. The van der Waals surface area contributed by atoms with Crippen LogP contribution in [0.5, 0.6) is 0 Å². The van der Waals surface area contributed by atoms with Crippen molar-refractivity contribution in [2.45, 2.75) is 39.3 Å². The SMILES string of the molecule is C[C@H](N=[N+]=[N-])C(=O)N1CCN(C(=O)OC(C)(C)C)CC1. The largest absolute Gasteiger partial charge is 0.444 e. The zero-order chi connectivity index (χ0) is 15.3. The molecular weight excluding hydrogens is 262 g/mol. The van der Waals surface area contributed by atoms with Crippen molar-refractivity contribution in [3.63, 3.8) is 0 Å². The van der Waals surface area contributed by atoms with Crippen molar-refractivity contribution in [3.05, 3.63) is 10.4 Å². The molecule has 1 saturated heterocycles. The normalized spacial score (nSPS) is 17.2. The number of amides is 2. The number of carbonyl (C=O) groups is 2. The summed E-state index contributed by atoms with van der Waals surface area (Å²) < 4.78 is 5.28. The Morgan fingerprint density at radius 3 is 2.15 bits per heavy atom. The van der Waals surface area contributed by atoms with Crippen molar-refractivity contribution in [1.82, 2.24) is 9.80 Å². The third-order valence-electron chi connectivity index (χ3n) is 2.83. The third-order valence-corrected chi connectivity index (χ3v) is 2.83. The third kappa shape index (κ3) is 4.62. The lowest BCUT2D eigenvalue weighted by atomic mass is 10.2. The Morgan fingerprint density at radius 1 is 1.20 bits per heavy atom. The van der Waals surface area contributed by atoms with Crippen LogP contribution in [0.15, 0.2) is 5.11 Å². The summed E-state index contributed by atoms with van der Waals surface area (Å²) >= 11 is 0. The molecular formula is C12H21N5O3. The molecule has 0 bridgehead atoms. The molecule has 1 rings (SSSR count). The minimum Gasteiger partial charge on any atom is -0.444 e. The van der Waals surface area contributed by atoms with Crippen molar-refractivity contribution >= 4 is 12.0 Å². The van der Waals surface area contributed by atoms with Gasteiger partial charge >= 0.3 is 6.09 Å². The van der Waals surface area contributed by atoms with E-state index in [2.05, 4.69) is 10.0 Å². The highest BCUT2D eigenvalue weighted by Gasteiger charge is 2.28. The zero-order valence-electron chi connectivity index (χ0n) is 12.4. The van der Waals surface area contributed by atoms with Gasteiger partial charge in [0.05, 0.1) is 0 Å². The summed E-state index contributed by atoms with van der Waals surface area (Å²) in [5, 5.41) is 3.39. The Labute approximate surface area is 118 Å². The second kappa shape index (κ2) is 6.47. The predicted octanol–water partition coefficient (Wildman–Crippen LogP) is 1.76. The summed E-state index contributed by atoms with van der Waals surface area (Å²) in [7, 11) is 0. The quantitative estimate of drug-likeness (QED) is 0.438. The smallest absolute Gasteiger partial charge is 0.410 e. The van der Waals surface area contributed by atoms with Crippen LogP contribution in [0.3, 0.4) is 0 Å².